The minimum atomic E-state index is 0.159. The van der Waals surface area contributed by atoms with Gasteiger partial charge in [-0.3, -0.25) is 0 Å². The van der Waals surface area contributed by atoms with Gasteiger partial charge in [0.15, 0.2) is 0 Å². The number of hydrogen-bond acceptors (Lipinski definition) is 5. The summed E-state index contributed by atoms with van der Waals surface area (Å²) in [4.78, 5) is 12.1. The third kappa shape index (κ3) is 3.45. The molecule has 1 saturated carbocycles. The summed E-state index contributed by atoms with van der Waals surface area (Å²) in [5.41, 5.74) is 0. The van der Waals surface area contributed by atoms with Crippen molar-refractivity contribution in [2.45, 2.75) is 45.1 Å². The van der Waals surface area contributed by atoms with Crippen LogP contribution in [0.1, 0.15) is 39.0 Å². The predicted molar refractivity (Wildman–Crippen MR) is 71.0 cm³/mol. The zero-order valence-corrected chi connectivity index (χ0v) is 11.6. The Hall–Kier alpha value is -1.10. The zero-order valence-electron chi connectivity index (χ0n) is 10.8. The summed E-state index contributed by atoms with van der Waals surface area (Å²) in [6.45, 7) is 2.26. The highest BCUT2D eigenvalue weighted by Gasteiger charge is 2.20. The van der Waals surface area contributed by atoms with Crippen LogP contribution in [0.3, 0.4) is 0 Å². The van der Waals surface area contributed by atoms with Crippen LogP contribution in [0.5, 0.6) is 6.01 Å². The molecule has 0 bridgehead atoms. The predicted octanol–water partition coefficient (Wildman–Crippen LogP) is 2.91. The van der Waals surface area contributed by atoms with Gasteiger partial charge in [-0.05, 0) is 43.2 Å². The highest BCUT2D eigenvalue weighted by Crippen LogP contribution is 2.28. The Kier molecular flexibility index (Phi) is 4.58. The van der Waals surface area contributed by atoms with Gasteiger partial charge >= 0.3 is 6.01 Å². The Bertz CT molecular complexity index is 394. The van der Waals surface area contributed by atoms with Gasteiger partial charge in [0.1, 0.15) is 0 Å². The van der Waals surface area contributed by atoms with Crippen LogP contribution in [0.15, 0.2) is 0 Å². The number of nitrogens with zero attached hydrogens (tertiary/aromatic N) is 3. The summed E-state index contributed by atoms with van der Waals surface area (Å²) < 4.78 is 4.97. The van der Waals surface area contributed by atoms with Crippen LogP contribution in [0, 0.1) is 5.92 Å². The normalized spacial score (nSPS) is 23.7. The minimum absolute atomic E-state index is 0.159. The summed E-state index contributed by atoms with van der Waals surface area (Å²) in [6.07, 6.45) is 6.13. The van der Waals surface area contributed by atoms with Crippen LogP contribution >= 0.6 is 11.6 Å². The quantitative estimate of drug-likeness (QED) is 0.912. The van der Waals surface area contributed by atoms with Gasteiger partial charge in [-0.2, -0.15) is 15.0 Å². The minimum Gasteiger partial charge on any atom is -0.467 e. The molecule has 6 heteroatoms. The number of nitrogens with one attached hydrogen (secondary N) is 1. The van der Waals surface area contributed by atoms with Crippen molar-refractivity contribution < 1.29 is 4.74 Å². The fourth-order valence-electron chi connectivity index (χ4n) is 2.39. The first-order valence-electron chi connectivity index (χ1n) is 6.43. The molecule has 0 atom stereocenters. The van der Waals surface area contributed by atoms with Gasteiger partial charge in [-0.1, -0.05) is 13.3 Å². The van der Waals surface area contributed by atoms with Gasteiger partial charge in [0.05, 0.1) is 7.11 Å². The number of methoxy groups -OCH3 is 1. The molecule has 0 radical (unpaired) electrons. The molecule has 100 valence electrons. The summed E-state index contributed by atoms with van der Waals surface area (Å²) in [5, 5.41) is 3.47. The van der Waals surface area contributed by atoms with Crippen molar-refractivity contribution in [2.24, 2.45) is 5.92 Å². The SMILES string of the molecule is CCC1CCC(Nc2nc(Cl)nc(OC)n2)CC1. The van der Waals surface area contributed by atoms with E-state index < -0.39 is 0 Å². The smallest absolute Gasteiger partial charge is 0.322 e. The van der Waals surface area contributed by atoms with E-state index in [0.717, 1.165) is 18.8 Å². The molecule has 1 aromatic heterocycles. The third-order valence-electron chi connectivity index (χ3n) is 3.53. The lowest BCUT2D eigenvalue weighted by molar-refractivity contribution is 0.328. The van der Waals surface area contributed by atoms with Crippen LogP contribution in [-0.4, -0.2) is 28.1 Å². The molecule has 0 aromatic carbocycles. The van der Waals surface area contributed by atoms with Gasteiger partial charge in [-0.25, -0.2) is 0 Å². The molecule has 1 N–H and O–H groups in total. The Labute approximate surface area is 112 Å². The van der Waals surface area contributed by atoms with Gasteiger partial charge in [-0.15, -0.1) is 0 Å². The first-order chi connectivity index (χ1) is 8.71. The second-order valence-corrected chi connectivity index (χ2v) is 5.02. The molecule has 0 aliphatic heterocycles. The van der Waals surface area contributed by atoms with Crippen molar-refractivity contribution in [2.75, 3.05) is 12.4 Å². The molecule has 2 rings (SSSR count). The molecule has 1 aliphatic carbocycles. The molecule has 0 unspecified atom stereocenters. The van der Waals surface area contributed by atoms with Crippen molar-refractivity contribution in [3.8, 4) is 6.01 Å². The van der Waals surface area contributed by atoms with E-state index in [1.54, 1.807) is 0 Å². The lowest BCUT2D eigenvalue weighted by Crippen LogP contribution is -2.27. The van der Waals surface area contributed by atoms with Crippen molar-refractivity contribution >= 4 is 17.5 Å². The Morgan fingerprint density at radius 2 is 1.94 bits per heavy atom. The number of halogens is 1. The van der Waals surface area contributed by atoms with Gasteiger partial charge in [0.25, 0.3) is 0 Å². The number of rotatable bonds is 4. The maximum atomic E-state index is 5.81. The molecule has 1 aliphatic rings. The van der Waals surface area contributed by atoms with Crippen LogP contribution in [0.4, 0.5) is 5.95 Å². The Morgan fingerprint density at radius 3 is 2.56 bits per heavy atom. The molecule has 18 heavy (non-hydrogen) atoms. The molecular weight excluding hydrogens is 252 g/mol. The van der Waals surface area contributed by atoms with E-state index in [2.05, 4.69) is 27.2 Å². The van der Waals surface area contributed by atoms with Gasteiger partial charge < -0.3 is 10.1 Å². The van der Waals surface area contributed by atoms with Crippen molar-refractivity contribution in [1.82, 2.24) is 15.0 Å². The summed E-state index contributed by atoms with van der Waals surface area (Å²) in [5.74, 6) is 1.38. The highest BCUT2D eigenvalue weighted by molar-refractivity contribution is 6.28. The monoisotopic (exact) mass is 270 g/mol. The zero-order chi connectivity index (χ0) is 13.0. The molecule has 1 heterocycles. The van der Waals surface area contributed by atoms with E-state index in [0.29, 0.717) is 12.0 Å². The standard InChI is InChI=1S/C12H19ClN4O/c1-3-8-4-6-9(7-5-8)14-11-15-10(13)16-12(17-11)18-2/h8-9H,3-7H2,1-2H3,(H,14,15,16,17). The number of hydrogen-bond donors (Lipinski definition) is 1. The third-order valence-corrected chi connectivity index (χ3v) is 3.70. The summed E-state index contributed by atoms with van der Waals surface area (Å²) in [7, 11) is 1.52. The van der Waals surface area contributed by atoms with E-state index in [1.807, 2.05) is 0 Å². The average Bonchev–Trinajstić information content (AvgIpc) is 2.39. The van der Waals surface area contributed by atoms with E-state index >= 15 is 0 Å². The van der Waals surface area contributed by atoms with Crippen molar-refractivity contribution in [3.63, 3.8) is 0 Å². The Morgan fingerprint density at radius 1 is 1.22 bits per heavy atom. The van der Waals surface area contributed by atoms with E-state index in [4.69, 9.17) is 16.3 Å². The highest BCUT2D eigenvalue weighted by atomic mass is 35.5. The van der Waals surface area contributed by atoms with E-state index in [9.17, 15) is 0 Å². The van der Waals surface area contributed by atoms with Crippen LogP contribution < -0.4 is 10.1 Å². The van der Waals surface area contributed by atoms with Crippen molar-refractivity contribution in [3.05, 3.63) is 5.28 Å². The topological polar surface area (TPSA) is 59.9 Å². The molecular formula is C12H19ClN4O. The Balaban J connectivity index is 1.95. The summed E-state index contributed by atoms with van der Waals surface area (Å²) >= 11 is 5.81. The first kappa shape index (κ1) is 13.3. The maximum Gasteiger partial charge on any atom is 0.322 e. The number of anilines is 1. The second-order valence-electron chi connectivity index (χ2n) is 4.68. The molecule has 1 fully saturated rings. The fraction of sp³-hybridized carbons (Fsp3) is 0.750. The van der Waals surface area contributed by atoms with Crippen LogP contribution in [-0.2, 0) is 0 Å². The summed E-state index contributed by atoms with van der Waals surface area (Å²) in [6, 6.07) is 0.677. The first-order valence-corrected chi connectivity index (χ1v) is 6.81. The number of aromatic nitrogens is 3. The van der Waals surface area contributed by atoms with Crippen LogP contribution in [0.2, 0.25) is 5.28 Å². The van der Waals surface area contributed by atoms with E-state index in [1.165, 1.54) is 26.4 Å². The van der Waals surface area contributed by atoms with Crippen molar-refractivity contribution in [1.29, 1.82) is 0 Å². The molecule has 0 amide bonds. The molecule has 0 saturated heterocycles. The van der Waals surface area contributed by atoms with Gasteiger partial charge in [0.2, 0.25) is 11.2 Å². The molecule has 0 spiro atoms. The molecule has 5 nitrogen and oxygen atoms in total. The van der Waals surface area contributed by atoms with Gasteiger partial charge in [0, 0.05) is 6.04 Å². The lowest BCUT2D eigenvalue weighted by atomic mass is 9.85. The maximum absolute atomic E-state index is 5.81. The fourth-order valence-corrected chi connectivity index (χ4v) is 2.54. The van der Waals surface area contributed by atoms with Crippen LogP contribution in [0.25, 0.3) is 0 Å². The van der Waals surface area contributed by atoms with E-state index in [-0.39, 0.29) is 11.3 Å². The average molecular weight is 271 g/mol. The molecule has 1 aromatic rings. The lowest BCUT2D eigenvalue weighted by Gasteiger charge is -2.28. The largest absolute Gasteiger partial charge is 0.467 e. The second kappa shape index (κ2) is 6.18. The number of ether oxygens (including phenoxy) is 1.